The lowest BCUT2D eigenvalue weighted by Crippen LogP contribution is -2.47. The summed E-state index contributed by atoms with van der Waals surface area (Å²) in [5, 5.41) is 0. The molecule has 0 fully saturated rings. The van der Waals surface area contributed by atoms with E-state index in [4.69, 9.17) is 28.4 Å². The summed E-state index contributed by atoms with van der Waals surface area (Å²) in [5.74, 6) is -0.462. The summed E-state index contributed by atoms with van der Waals surface area (Å²) in [7, 11) is 7.47. The average Bonchev–Trinajstić information content (AvgIpc) is 2.70. The number of carbonyl (C=O) groups excluding carboxylic acids is 1. The minimum atomic E-state index is -1.57. The fourth-order valence-corrected chi connectivity index (χ4v) is 3.73. The summed E-state index contributed by atoms with van der Waals surface area (Å²) in [6, 6.07) is 3.84. The van der Waals surface area contributed by atoms with Gasteiger partial charge in [-0.3, -0.25) is 4.79 Å². The maximum atomic E-state index is 13.0. The first-order valence-electron chi connectivity index (χ1n) is 8.54. The predicted octanol–water partition coefficient (Wildman–Crippen LogP) is 2.48. The molecule has 0 saturated heterocycles. The molecule has 0 N–H and O–H groups in total. The van der Waals surface area contributed by atoms with Crippen molar-refractivity contribution in [3.05, 3.63) is 40.7 Å². The van der Waals surface area contributed by atoms with Crippen molar-refractivity contribution in [3.63, 3.8) is 0 Å². The van der Waals surface area contributed by atoms with Crippen LogP contribution in [0.3, 0.4) is 0 Å². The molecule has 0 spiro atoms. The number of hydrogen-bond acceptors (Lipinski definition) is 7. The van der Waals surface area contributed by atoms with Crippen molar-refractivity contribution in [2.24, 2.45) is 0 Å². The number of carbonyl (C=O) groups is 1. The van der Waals surface area contributed by atoms with Gasteiger partial charge in [-0.15, -0.1) is 0 Å². The van der Waals surface area contributed by atoms with Crippen molar-refractivity contribution in [3.8, 4) is 11.5 Å². The van der Waals surface area contributed by atoms with Crippen molar-refractivity contribution in [2.75, 3.05) is 42.3 Å². The van der Waals surface area contributed by atoms with Gasteiger partial charge < -0.3 is 28.4 Å². The lowest BCUT2D eigenvalue weighted by Gasteiger charge is -2.37. The Morgan fingerprint density at radius 1 is 1.00 bits per heavy atom. The molecule has 0 amide bonds. The van der Waals surface area contributed by atoms with Gasteiger partial charge in [-0.1, -0.05) is 6.07 Å². The van der Waals surface area contributed by atoms with Crippen LogP contribution in [0.4, 0.5) is 0 Å². The van der Waals surface area contributed by atoms with Crippen LogP contribution in [0, 0.1) is 0 Å². The third-order valence-electron chi connectivity index (χ3n) is 4.94. The van der Waals surface area contributed by atoms with Gasteiger partial charge in [-0.25, -0.2) is 0 Å². The summed E-state index contributed by atoms with van der Waals surface area (Å²) in [5.41, 5.74) is 3.44. The van der Waals surface area contributed by atoms with E-state index in [2.05, 4.69) is 0 Å². The molecule has 0 bridgehead atoms. The number of fused-ring (bicyclic) bond motifs is 3. The molecule has 1 aromatic rings. The Hall–Kier alpha value is -2.35. The van der Waals surface area contributed by atoms with E-state index in [-0.39, 0.29) is 12.6 Å². The van der Waals surface area contributed by atoms with Gasteiger partial charge in [0.25, 0.3) is 5.79 Å². The van der Waals surface area contributed by atoms with Crippen molar-refractivity contribution in [2.45, 2.75) is 18.6 Å². The molecule has 0 aliphatic heterocycles. The zero-order valence-electron chi connectivity index (χ0n) is 16.2. The van der Waals surface area contributed by atoms with Crippen LogP contribution >= 0.6 is 0 Å². The van der Waals surface area contributed by atoms with Crippen LogP contribution in [0.25, 0.3) is 5.57 Å². The number of methoxy groups -OCH3 is 5. The molecule has 0 unspecified atom stereocenters. The van der Waals surface area contributed by atoms with Crippen molar-refractivity contribution < 1.29 is 33.2 Å². The highest BCUT2D eigenvalue weighted by molar-refractivity contribution is 6.10. The molecule has 2 aliphatic carbocycles. The third kappa shape index (κ3) is 2.92. The zero-order chi connectivity index (χ0) is 19.6. The fraction of sp³-hybridized carbons (Fsp3) is 0.450. The Balaban J connectivity index is 2.25. The molecule has 7 nitrogen and oxygen atoms in total. The average molecular weight is 376 g/mol. The number of ether oxygens (including phenoxy) is 6. The van der Waals surface area contributed by atoms with E-state index < -0.39 is 5.79 Å². The van der Waals surface area contributed by atoms with Gasteiger partial charge in [0.05, 0.1) is 14.2 Å². The molecule has 0 heterocycles. The number of allylic oxidation sites excluding steroid dienone is 2. The highest BCUT2D eigenvalue weighted by Gasteiger charge is 2.49. The number of aryl methyl sites for hydroxylation is 1. The molecule has 1 aromatic carbocycles. The normalized spacial score (nSPS) is 17.8. The molecule has 7 heteroatoms. The standard InChI is InChI=1S/C20H24O7/c1-22-11-27-18-15(23-2)9-7-12-6-8-13-14(17(12)18)10-16(21)20(25-4,26-5)19(13)24-3/h7,9-10H,6,8,11H2,1-5H3. The molecule has 0 saturated carbocycles. The molecule has 0 atom stereocenters. The van der Waals surface area contributed by atoms with Crippen LogP contribution in [-0.2, 0) is 30.2 Å². The fourth-order valence-electron chi connectivity index (χ4n) is 3.73. The monoisotopic (exact) mass is 376 g/mol. The summed E-state index contributed by atoms with van der Waals surface area (Å²) < 4.78 is 32.8. The number of rotatable bonds is 7. The Morgan fingerprint density at radius 2 is 1.74 bits per heavy atom. The molecular formula is C20H24O7. The molecule has 3 rings (SSSR count). The van der Waals surface area contributed by atoms with E-state index in [0.717, 1.165) is 28.7 Å². The molecule has 27 heavy (non-hydrogen) atoms. The molecule has 146 valence electrons. The summed E-state index contributed by atoms with van der Waals surface area (Å²) >= 11 is 0. The van der Waals surface area contributed by atoms with Gasteiger partial charge in [0.15, 0.2) is 24.1 Å². The maximum Gasteiger partial charge on any atom is 0.293 e. The Morgan fingerprint density at radius 3 is 2.33 bits per heavy atom. The Kier molecular flexibility index (Phi) is 5.55. The van der Waals surface area contributed by atoms with Crippen LogP contribution in [0.2, 0.25) is 0 Å². The van der Waals surface area contributed by atoms with E-state index in [1.807, 2.05) is 12.1 Å². The highest BCUT2D eigenvalue weighted by Crippen LogP contribution is 2.49. The first kappa shape index (κ1) is 19.4. The minimum absolute atomic E-state index is 0.0598. The second-order valence-corrected chi connectivity index (χ2v) is 6.14. The lowest BCUT2D eigenvalue weighted by molar-refractivity contribution is -0.199. The van der Waals surface area contributed by atoms with Crippen molar-refractivity contribution in [1.29, 1.82) is 0 Å². The van der Waals surface area contributed by atoms with Crippen LogP contribution in [0.15, 0.2) is 29.5 Å². The molecule has 2 aliphatic rings. The van der Waals surface area contributed by atoms with Crippen molar-refractivity contribution >= 4 is 11.4 Å². The Labute approximate surface area is 158 Å². The SMILES string of the molecule is COCOc1c(OC)ccc2c1C1=CC(=O)C(OC)(OC)C(OC)=C1CC2. The largest absolute Gasteiger partial charge is 0.495 e. The van der Waals surface area contributed by atoms with Crippen molar-refractivity contribution in [1.82, 2.24) is 0 Å². The van der Waals surface area contributed by atoms with Gasteiger partial charge in [0.1, 0.15) is 0 Å². The van der Waals surface area contributed by atoms with Gasteiger partial charge in [-0.05, 0) is 36.1 Å². The van der Waals surface area contributed by atoms with E-state index in [1.165, 1.54) is 27.4 Å². The topological polar surface area (TPSA) is 72.5 Å². The quantitative estimate of drug-likeness (QED) is 0.677. The predicted molar refractivity (Wildman–Crippen MR) is 97.6 cm³/mol. The minimum Gasteiger partial charge on any atom is -0.495 e. The first-order chi connectivity index (χ1) is 13.1. The number of ketones is 1. The van der Waals surface area contributed by atoms with Crippen LogP contribution in [0.5, 0.6) is 11.5 Å². The van der Waals surface area contributed by atoms with E-state index in [1.54, 1.807) is 14.2 Å². The van der Waals surface area contributed by atoms with Gasteiger partial charge in [0, 0.05) is 32.5 Å². The molecule has 0 aromatic heterocycles. The number of benzene rings is 1. The smallest absolute Gasteiger partial charge is 0.293 e. The number of hydrogen-bond donors (Lipinski definition) is 0. The zero-order valence-corrected chi connectivity index (χ0v) is 16.2. The lowest BCUT2D eigenvalue weighted by atomic mass is 9.77. The first-order valence-corrected chi connectivity index (χ1v) is 8.54. The van der Waals surface area contributed by atoms with Gasteiger partial charge in [0.2, 0.25) is 5.78 Å². The van der Waals surface area contributed by atoms with Gasteiger partial charge in [-0.2, -0.15) is 0 Å². The van der Waals surface area contributed by atoms with E-state index in [0.29, 0.717) is 23.7 Å². The van der Waals surface area contributed by atoms with Crippen LogP contribution < -0.4 is 9.47 Å². The Bertz CT molecular complexity index is 803. The summed E-state index contributed by atoms with van der Waals surface area (Å²) in [6.07, 6.45) is 2.96. The summed E-state index contributed by atoms with van der Waals surface area (Å²) in [4.78, 5) is 13.0. The summed E-state index contributed by atoms with van der Waals surface area (Å²) in [6.45, 7) is 0.0598. The maximum absolute atomic E-state index is 13.0. The van der Waals surface area contributed by atoms with Gasteiger partial charge >= 0.3 is 0 Å². The van der Waals surface area contributed by atoms with Crippen LogP contribution in [-0.4, -0.2) is 53.9 Å². The third-order valence-corrected chi connectivity index (χ3v) is 4.94. The van der Waals surface area contributed by atoms with E-state index in [9.17, 15) is 4.79 Å². The molecule has 0 radical (unpaired) electrons. The highest BCUT2D eigenvalue weighted by atomic mass is 16.7. The second-order valence-electron chi connectivity index (χ2n) is 6.14. The van der Waals surface area contributed by atoms with E-state index >= 15 is 0 Å². The molecular weight excluding hydrogens is 352 g/mol. The second kappa shape index (κ2) is 7.72. The van der Waals surface area contributed by atoms with Crippen LogP contribution in [0.1, 0.15) is 17.5 Å².